The van der Waals surface area contributed by atoms with Crippen molar-refractivity contribution in [3.05, 3.63) is 57.3 Å². The van der Waals surface area contributed by atoms with Crippen LogP contribution in [0.2, 0.25) is 0 Å². The van der Waals surface area contributed by atoms with Crippen molar-refractivity contribution in [1.82, 2.24) is 5.32 Å². The summed E-state index contributed by atoms with van der Waals surface area (Å²) in [4.78, 5) is 84.0. The van der Waals surface area contributed by atoms with E-state index in [4.69, 9.17) is 37.9 Å². The van der Waals surface area contributed by atoms with Gasteiger partial charge >= 0.3 is 30.0 Å². The lowest BCUT2D eigenvalue weighted by Gasteiger charge is -2.67. The van der Waals surface area contributed by atoms with E-state index in [0.717, 1.165) is 25.2 Å². The van der Waals surface area contributed by atoms with Crippen LogP contribution in [0.5, 0.6) is 11.5 Å². The van der Waals surface area contributed by atoms with Gasteiger partial charge in [0, 0.05) is 37.0 Å². The quantitative estimate of drug-likeness (QED) is 0.142. The average Bonchev–Trinajstić information content (AvgIpc) is 3.74. The Balaban J connectivity index is 1.56. The van der Waals surface area contributed by atoms with Crippen LogP contribution in [0.1, 0.15) is 96.4 Å². The number of ether oxygens (including phenoxy) is 8. The van der Waals surface area contributed by atoms with Gasteiger partial charge in [-0.3, -0.25) is 14.4 Å². The maximum absolute atomic E-state index is 15.6. The summed E-state index contributed by atoms with van der Waals surface area (Å²) < 4.78 is 46.6. The van der Waals surface area contributed by atoms with Crippen LogP contribution in [0.3, 0.4) is 0 Å². The van der Waals surface area contributed by atoms with Crippen LogP contribution >= 0.6 is 11.3 Å². The lowest BCUT2D eigenvalue weighted by atomic mass is 9.44. The van der Waals surface area contributed by atoms with E-state index in [2.05, 4.69) is 5.32 Å². The predicted octanol–water partition coefficient (Wildman–Crippen LogP) is 3.91. The van der Waals surface area contributed by atoms with Crippen LogP contribution in [0.25, 0.3) is 0 Å². The molecule has 1 aromatic carbocycles. The molecule has 3 fully saturated rings. The number of hydrogen-bond donors (Lipinski definition) is 4. The number of amides is 1. The topological polar surface area (TPSA) is 249 Å². The van der Waals surface area contributed by atoms with E-state index in [1.807, 2.05) is 0 Å². The fourth-order valence-electron chi connectivity index (χ4n) is 9.97. The maximum atomic E-state index is 15.6. The number of carbonyl (C=O) groups excluding carboxylic acids is 6. The summed E-state index contributed by atoms with van der Waals surface area (Å²) in [6.07, 6.45) is -11.9. The number of esters is 4. The molecule has 2 bridgehead atoms. The lowest BCUT2D eigenvalue weighted by molar-refractivity contribution is -0.346. The van der Waals surface area contributed by atoms with Gasteiger partial charge in [-0.1, -0.05) is 19.9 Å². The Morgan fingerprint density at radius 2 is 1.67 bits per heavy atom. The molecule has 0 unspecified atom stereocenters. The molecule has 350 valence electrons. The minimum atomic E-state index is -2.48. The summed E-state index contributed by atoms with van der Waals surface area (Å²) in [5, 5.41) is 41.8. The number of Topliss-reactive ketones (excluding diaryl/α,β-unsaturated/α-hetero) is 1. The number of aliphatic hydroxyl groups is 3. The molecule has 18 nitrogen and oxygen atoms in total. The molecule has 11 atom stereocenters. The molecule has 19 heteroatoms. The Morgan fingerprint density at radius 3 is 2.22 bits per heavy atom. The summed E-state index contributed by atoms with van der Waals surface area (Å²) in [6, 6.07) is 6.18. The first-order chi connectivity index (χ1) is 29.8. The van der Waals surface area contributed by atoms with Crippen molar-refractivity contribution in [2.75, 3.05) is 20.8 Å². The Hall–Kier alpha value is -5.08. The first kappa shape index (κ1) is 48.4. The molecule has 1 aromatic heterocycles. The number of thiophene rings is 1. The van der Waals surface area contributed by atoms with E-state index in [1.165, 1.54) is 60.1 Å². The van der Waals surface area contributed by atoms with E-state index >= 15 is 4.79 Å². The maximum Gasteiger partial charge on any atom is 0.408 e. The molecule has 4 aliphatic rings. The zero-order chi connectivity index (χ0) is 47.5. The van der Waals surface area contributed by atoms with Crippen LogP contribution in [-0.4, -0.2) is 125 Å². The van der Waals surface area contributed by atoms with Crippen LogP contribution in [0.4, 0.5) is 4.79 Å². The second kappa shape index (κ2) is 17.4. The van der Waals surface area contributed by atoms with Crippen LogP contribution < -0.4 is 14.8 Å². The van der Waals surface area contributed by atoms with Crippen LogP contribution in [-0.2, 0) is 47.6 Å². The highest BCUT2D eigenvalue weighted by Crippen LogP contribution is 2.64. The van der Waals surface area contributed by atoms with E-state index in [9.17, 15) is 39.3 Å². The second-order valence-electron chi connectivity index (χ2n) is 18.5. The van der Waals surface area contributed by atoms with Crippen molar-refractivity contribution in [3.8, 4) is 11.5 Å². The normalized spacial score (nSPS) is 31.5. The van der Waals surface area contributed by atoms with Gasteiger partial charge in [-0.05, 0) is 75.4 Å². The third-order valence-electron chi connectivity index (χ3n) is 13.1. The molecule has 1 aliphatic heterocycles. The largest absolute Gasteiger partial charge is 0.497 e. The molecule has 6 rings (SSSR count). The molecule has 0 radical (unpaired) electrons. The third kappa shape index (κ3) is 8.25. The van der Waals surface area contributed by atoms with Crippen molar-refractivity contribution in [2.45, 2.75) is 135 Å². The molecule has 3 aliphatic carbocycles. The molecule has 1 saturated heterocycles. The summed E-state index contributed by atoms with van der Waals surface area (Å²) in [7, 11) is 2.70. The summed E-state index contributed by atoms with van der Waals surface area (Å²) in [5.41, 5.74) is -9.17. The SMILES string of the molecule is COc1ccc(OC)c(C(=O)O[C@H]2[C@@H]3[C@]4(OC(C)=O)CO[C@@H]4C[C@H](O)[C@@]3(C)C(=O)[C@H](OC(C)=O)C3=C(C)[C@@H](OC(=O)[C@H](O)[C@@H](NC(=O)OC(C)(C)C)c4cccs4)C[C@]2(O)C3(C)C)c1. The van der Waals surface area contributed by atoms with Gasteiger partial charge in [0.25, 0.3) is 0 Å². The number of ketones is 1. The molecule has 2 aromatic rings. The van der Waals surface area contributed by atoms with Gasteiger partial charge in [0.05, 0.1) is 38.3 Å². The number of carbonyl (C=O) groups is 6. The minimum Gasteiger partial charge on any atom is -0.497 e. The van der Waals surface area contributed by atoms with Gasteiger partial charge < -0.3 is 58.5 Å². The molecule has 64 heavy (non-hydrogen) atoms. The molecule has 2 saturated carbocycles. The standard InChI is InChI=1S/C45H57NO17S/c1-21-27(60-39(53)33(50)32(28-13-12-16-64-28)46-40(54)63-41(4,5)6)19-45(55)37(61-38(52)25-17-24(56-10)14-15-26(25)57-11)35-43(9,29(49)18-30-44(35,20-58-30)62-23(3)48)36(51)34(59-22(2)47)31(21)42(45,7)8/h12-17,27,29-30,32-35,37,49-50,55H,18-20H2,1-11H3,(H,46,54)/t27-,29-,30+,32-,33+,34+,35-,37-,43+,44-,45+/m0/s1. The Morgan fingerprint density at radius 1 is 0.984 bits per heavy atom. The fraction of sp³-hybridized carbons (Fsp3) is 0.600. The van der Waals surface area contributed by atoms with Gasteiger partial charge in [0.2, 0.25) is 0 Å². The monoisotopic (exact) mass is 915 g/mol. The number of aliphatic hydroxyl groups excluding tert-OH is 2. The van der Waals surface area contributed by atoms with Crippen molar-refractivity contribution in [2.24, 2.45) is 16.7 Å². The molecule has 4 N–H and O–H groups in total. The summed E-state index contributed by atoms with van der Waals surface area (Å²) in [6.45, 7) is 12.7. The number of methoxy groups -OCH3 is 2. The van der Waals surface area contributed by atoms with Gasteiger partial charge in [-0.2, -0.15) is 0 Å². The van der Waals surface area contributed by atoms with E-state index in [1.54, 1.807) is 38.3 Å². The van der Waals surface area contributed by atoms with Crippen molar-refractivity contribution >= 4 is 47.1 Å². The molecular formula is C45H57NO17S. The van der Waals surface area contributed by atoms with Gasteiger partial charge in [-0.25, -0.2) is 14.4 Å². The number of rotatable bonds is 11. The van der Waals surface area contributed by atoms with Crippen LogP contribution in [0.15, 0.2) is 46.9 Å². The van der Waals surface area contributed by atoms with E-state index in [0.29, 0.717) is 4.88 Å². The molecule has 2 heterocycles. The van der Waals surface area contributed by atoms with Gasteiger partial charge in [0.15, 0.2) is 23.6 Å². The Labute approximate surface area is 374 Å². The van der Waals surface area contributed by atoms with Crippen molar-refractivity contribution < 1.29 is 82.0 Å². The number of fused-ring (bicyclic) bond motifs is 5. The van der Waals surface area contributed by atoms with Crippen LogP contribution in [0, 0.1) is 16.7 Å². The second-order valence-corrected chi connectivity index (χ2v) is 19.4. The summed E-state index contributed by atoms with van der Waals surface area (Å²) in [5.74, 6) is -6.35. The first-order valence-corrected chi connectivity index (χ1v) is 21.6. The van der Waals surface area contributed by atoms with Gasteiger partial charge in [-0.15, -0.1) is 11.3 Å². The number of nitrogens with one attached hydrogen (secondary N) is 1. The zero-order valence-electron chi connectivity index (χ0n) is 37.7. The predicted molar refractivity (Wildman–Crippen MR) is 224 cm³/mol. The minimum absolute atomic E-state index is 0.0426. The average molecular weight is 916 g/mol. The fourth-order valence-corrected chi connectivity index (χ4v) is 10.8. The third-order valence-corrected chi connectivity index (χ3v) is 14.1. The molecule has 1 amide bonds. The van der Waals surface area contributed by atoms with Crippen molar-refractivity contribution in [3.63, 3.8) is 0 Å². The molecule has 0 spiro atoms. The Bertz CT molecular complexity index is 2210. The lowest BCUT2D eigenvalue weighted by Crippen LogP contribution is -2.82. The zero-order valence-corrected chi connectivity index (χ0v) is 38.5. The number of hydrogen-bond acceptors (Lipinski definition) is 18. The van der Waals surface area contributed by atoms with E-state index < -0.39 is 118 Å². The molecular weight excluding hydrogens is 859 g/mol. The van der Waals surface area contributed by atoms with E-state index in [-0.39, 0.29) is 41.2 Å². The number of alkyl carbamates (subject to hydrolysis) is 1. The highest BCUT2D eigenvalue weighted by molar-refractivity contribution is 7.10. The highest BCUT2D eigenvalue weighted by Gasteiger charge is 2.78. The number of benzene rings is 1. The smallest absolute Gasteiger partial charge is 0.408 e. The summed E-state index contributed by atoms with van der Waals surface area (Å²) >= 11 is 1.13. The van der Waals surface area contributed by atoms with Crippen molar-refractivity contribution in [1.29, 1.82) is 0 Å². The highest BCUT2D eigenvalue weighted by atomic mass is 32.1. The van der Waals surface area contributed by atoms with Gasteiger partial charge in [0.1, 0.15) is 52.6 Å². The first-order valence-electron chi connectivity index (χ1n) is 20.8. The Kier molecular flexibility index (Phi) is 13.1.